The van der Waals surface area contributed by atoms with E-state index >= 15 is 0 Å². The van der Waals surface area contributed by atoms with Crippen molar-refractivity contribution in [2.45, 2.75) is 25.3 Å². The van der Waals surface area contributed by atoms with E-state index in [0.29, 0.717) is 23.8 Å². The van der Waals surface area contributed by atoms with Gasteiger partial charge in [-0.05, 0) is 25.0 Å². The molecule has 2 aliphatic heterocycles. The van der Waals surface area contributed by atoms with E-state index in [-0.39, 0.29) is 30.2 Å². The number of amides is 2. The molecule has 2 atom stereocenters. The molecule has 1 aromatic rings. The highest BCUT2D eigenvalue weighted by atomic mass is 35.5. The Morgan fingerprint density at radius 3 is 2.86 bits per heavy atom. The number of rotatable bonds is 3. The van der Waals surface area contributed by atoms with Crippen LogP contribution in [0.15, 0.2) is 24.3 Å². The predicted molar refractivity (Wildman–Crippen MR) is 85.7 cm³/mol. The monoisotopic (exact) mass is 321 g/mol. The molecule has 6 heteroatoms. The highest BCUT2D eigenvalue weighted by Crippen LogP contribution is 2.32. The van der Waals surface area contributed by atoms with Crippen molar-refractivity contribution in [3.63, 3.8) is 0 Å². The van der Waals surface area contributed by atoms with Crippen LogP contribution in [0.5, 0.6) is 0 Å². The van der Waals surface area contributed by atoms with Gasteiger partial charge in [0.25, 0.3) is 0 Å². The van der Waals surface area contributed by atoms with Gasteiger partial charge in [-0.3, -0.25) is 9.59 Å². The number of likely N-dealkylation sites (tertiary alicyclic amines) is 1. The summed E-state index contributed by atoms with van der Waals surface area (Å²) in [4.78, 5) is 28.4. The van der Waals surface area contributed by atoms with Crippen LogP contribution in [-0.2, 0) is 9.59 Å². The Hall–Kier alpha value is -1.59. The molecule has 2 aliphatic rings. The van der Waals surface area contributed by atoms with Crippen molar-refractivity contribution >= 4 is 29.1 Å². The summed E-state index contributed by atoms with van der Waals surface area (Å²) in [5, 5.41) is 0.532. The summed E-state index contributed by atoms with van der Waals surface area (Å²) in [7, 11) is 0. The van der Waals surface area contributed by atoms with Crippen LogP contribution in [0.1, 0.15) is 19.3 Å². The molecule has 0 aliphatic carbocycles. The van der Waals surface area contributed by atoms with E-state index in [9.17, 15) is 9.59 Å². The summed E-state index contributed by atoms with van der Waals surface area (Å²) >= 11 is 6.16. The zero-order valence-electron chi connectivity index (χ0n) is 12.4. The molecular formula is C16H20ClN3O2. The third kappa shape index (κ3) is 2.71. The van der Waals surface area contributed by atoms with Crippen molar-refractivity contribution in [1.29, 1.82) is 0 Å². The Morgan fingerprint density at radius 1 is 1.36 bits per heavy atom. The molecule has 0 spiro atoms. The van der Waals surface area contributed by atoms with E-state index in [1.807, 2.05) is 23.1 Å². The summed E-state index contributed by atoms with van der Waals surface area (Å²) in [6, 6.07) is 7.35. The number of nitrogens with zero attached hydrogens (tertiary/aromatic N) is 2. The Balaban J connectivity index is 1.75. The van der Waals surface area contributed by atoms with E-state index in [4.69, 9.17) is 17.3 Å². The van der Waals surface area contributed by atoms with Crippen LogP contribution in [0, 0.1) is 5.92 Å². The first-order chi connectivity index (χ1) is 10.6. The summed E-state index contributed by atoms with van der Waals surface area (Å²) in [6.07, 6.45) is 2.19. The number of nitrogens with two attached hydrogens (primary N) is 1. The van der Waals surface area contributed by atoms with Crippen LogP contribution >= 0.6 is 11.6 Å². The van der Waals surface area contributed by atoms with E-state index in [1.54, 1.807) is 11.0 Å². The molecule has 0 radical (unpaired) electrons. The van der Waals surface area contributed by atoms with E-state index < -0.39 is 0 Å². The zero-order chi connectivity index (χ0) is 15.7. The van der Waals surface area contributed by atoms with E-state index in [2.05, 4.69) is 0 Å². The second-order valence-corrected chi connectivity index (χ2v) is 6.33. The molecule has 2 saturated heterocycles. The van der Waals surface area contributed by atoms with Gasteiger partial charge in [0.05, 0.1) is 16.6 Å². The van der Waals surface area contributed by atoms with Crippen LogP contribution in [-0.4, -0.2) is 42.4 Å². The molecule has 0 saturated carbocycles. The predicted octanol–water partition coefficient (Wildman–Crippen LogP) is 1.64. The van der Waals surface area contributed by atoms with Gasteiger partial charge in [0, 0.05) is 32.1 Å². The smallest absolute Gasteiger partial charge is 0.228 e. The second kappa shape index (κ2) is 6.26. The number of anilines is 1. The van der Waals surface area contributed by atoms with Crippen LogP contribution < -0.4 is 10.6 Å². The molecule has 0 aromatic heterocycles. The molecule has 2 heterocycles. The standard InChI is InChI=1S/C16H20ClN3O2/c17-13-5-1-2-6-14(13)20-10-11(8-15(20)21)16(22)19-7-3-4-12(19)9-18/h1-2,5-6,11-12H,3-4,7-10,18H2/t11-,12-/m0/s1. The lowest BCUT2D eigenvalue weighted by atomic mass is 10.1. The zero-order valence-corrected chi connectivity index (χ0v) is 13.1. The third-order valence-corrected chi connectivity index (χ3v) is 4.87. The molecule has 2 N–H and O–H groups in total. The minimum absolute atomic E-state index is 0.0463. The molecule has 118 valence electrons. The van der Waals surface area contributed by atoms with Crippen LogP contribution in [0.3, 0.4) is 0 Å². The van der Waals surface area contributed by atoms with Crippen LogP contribution in [0.25, 0.3) is 0 Å². The molecular weight excluding hydrogens is 302 g/mol. The first-order valence-corrected chi connectivity index (χ1v) is 8.05. The topological polar surface area (TPSA) is 66.6 Å². The summed E-state index contributed by atoms with van der Waals surface area (Å²) < 4.78 is 0. The number of para-hydroxylation sites is 1. The van der Waals surface area contributed by atoms with Gasteiger partial charge in [-0.2, -0.15) is 0 Å². The van der Waals surface area contributed by atoms with Gasteiger partial charge >= 0.3 is 0 Å². The molecule has 0 bridgehead atoms. The van der Waals surface area contributed by atoms with Crippen LogP contribution in [0.2, 0.25) is 5.02 Å². The maximum absolute atomic E-state index is 12.7. The minimum Gasteiger partial charge on any atom is -0.338 e. The largest absolute Gasteiger partial charge is 0.338 e. The van der Waals surface area contributed by atoms with E-state index in [0.717, 1.165) is 19.4 Å². The van der Waals surface area contributed by atoms with Crippen molar-refractivity contribution in [3.05, 3.63) is 29.3 Å². The van der Waals surface area contributed by atoms with Crippen LogP contribution in [0.4, 0.5) is 5.69 Å². The molecule has 22 heavy (non-hydrogen) atoms. The first-order valence-electron chi connectivity index (χ1n) is 7.67. The molecule has 2 fully saturated rings. The number of hydrogen-bond acceptors (Lipinski definition) is 3. The summed E-state index contributed by atoms with van der Waals surface area (Å²) in [6.45, 7) is 1.63. The second-order valence-electron chi connectivity index (χ2n) is 5.92. The molecule has 5 nitrogen and oxygen atoms in total. The average molecular weight is 322 g/mol. The highest BCUT2D eigenvalue weighted by molar-refractivity contribution is 6.33. The minimum atomic E-state index is -0.295. The summed E-state index contributed by atoms with van der Waals surface area (Å²) in [5.74, 6) is -0.290. The van der Waals surface area contributed by atoms with Gasteiger partial charge in [-0.25, -0.2) is 0 Å². The number of carbonyl (C=O) groups excluding carboxylic acids is 2. The lowest BCUT2D eigenvalue weighted by Gasteiger charge is -2.26. The Morgan fingerprint density at radius 2 is 2.14 bits per heavy atom. The number of halogens is 1. The molecule has 2 amide bonds. The fourth-order valence-electron chi connectivity index (χ4n) is 3.38. The van der Waals surface area contributed by atoms with Crippen molar-refractivity contribution in [2.75, 3.05) is 24.5 Å². The Bertz CT molecular complexity index is 593. The number of carbonyl (C=O) groups is 2. The maximum atomic E-state index is 12.7. The fourth-order valence-corrected chi connectivity index (χ4v) is 3.62. The quantitative estimate of drug-likeness (QED) is 0.920. The van der Waals surface area contributed by atoms with Gasteiger partial charge in [-0.15, -0.1) is 0 Å². The molecule has 1 aromatic carbocycles. The van der Waals surface area contributed by atoms with Gasteiger partial charge in [0.1, 0.15) is 0 Å². The van der Waals surface area contributed by atoms with Gasteiger partial charge < -0.3 is 15.5 Å². The normalized spacial score (nSPS) is 25.1. The fraction of sp³-hybridized carbons (Fsp3) is 0.500. The van der Waals surface area contributed by atoms with Crippen molar-refractivity contribution in [2.24, 2.45) is 11.7 Å². The van der Waals surface area contributed by atoms with Gasteiger partial charge in [0.2, 0.25) is 11.8 Å². The van der Waals surface area contributed by atoms with Crippen molar-refractivity contribution < 1.29 is 9.59 Å². The van der Waals surface area contributed by atoms with Gasteiger partial charge in [-0.1, -0.05) is 23.7 Å². The Kier molecular flexibility index (Phi) is 4.36. The maximum Gasteiger partial charge on any atom is 0.228 e. The van der Waals surface area contributed by atoms with Gasteiger partial charge in [0.15, 0.2) is 0 Å². The lowest BCUT2D eigenvalue weighted by molar-refractivity contribution is -0.136. The first kappa shape index (κ1) is 15.3. The highest BCUT2D eigenvalue weighted by Gasteiger charge is 2.40. The molecule has 0 unspecified atom stereocenters. The van der Waals surface area contributed by atoms with Crippen molar-refractivity contribution in [3.8, 4) is 0 Å². The number of benzene rings is 1. The van der Waals surface area contributed by atoms with Crippen molar-refractivity contribution in [1.82, 2.24) is 4.90 Å². The lowest BCUT2D eigenvalue weighted by Crippen LogP contribution is -2.43. The van der Waals surface area contributed by atoms with E-state index in [1.165, 1.54) is 0 Å². The average Bonchev–Trinajstić information content (AvgIpc) is 3.13. The summed E-state index contributed by atoms with van der Waals surface area (Å²) in [5.41, 5.74) is 6.42. The Labute approximate surface area is 135 Å². The third-order valence-electron chi connectivity index (χ3n) is 4.55. The molecule has 3 rings (SSSR count). The number of hydrogen-bond donors (Lipinski definition) is 1. The SMILES string of the molecule is NC[C@@H]1CCCN1C(=O)[C@H]1CC(=O)N(c2ccccc2Cl)C1.